The van der Waals surface area contributed by atoms with Gasteiger partial charge in [0.05, 0.1) is 10.6 Å². The molecule has 0 heterocycles. The summed E-state index contributed by atoms with van der Waals surface area (Å²) in [7, 11) is -2.68. The first kappa shape index (κ1) is 29.0. The first-order valence-corrected chi connectivity index (χ1v) is 14.2. The van der Waals surface area contributed by atoms with E-state index in [1.807, 2.05) is 6.92 Å². The molecule has 37 heavy (non-hydrogen) atoms. The number of benzene rings is 3. The largest absolute Gasteiger partial charge is 0.357 e. The Hall–Kier alpha value is -2.59. The maximum atomic E-state index is 13.8. The number of carbonyl (C=O) groups excluding carboxylic acids is 2. The van der Waals surface area contributed by atoms with Crippen molar-refractivity contribution in [2.45, 2.75) is 31.3 Å². The number of nitrogens with one attached hydrogen (secondary N) is 1. The first-order valence-electron chi connectivity index (χ1n) is 11.2. The number of amides is 2. The van der Waals surface area contributed by atoms with Gasteiger partial charge in [0.15, 0.2) is 0 Å². The number of rotatable bonds is 9. The van der Waals surface area contributed by atoms with E-state index >= 15 is 0 Å². The van der Waals surface area contributed by atoms with Crippen LogP contribution in [0.25, 0.3) is 0 Å². The summed E-state index contributed by atoms with van der Waals surface area (Å²) in [5.74, 6) is -1.03. The van der Waals surface area contributed by atoms with Crippen molar-refractivity contribution in [3.63, 3.8) is 0 Å². The van der Waals surface area contributed by atoms with E-state index in [-0.39, 0.29) is 11.4 Å². The summed E-state index contributed by atoms with van der Waals surface area (Å²) in [5.41, 5.74) is 1.64. The Balaban J connectivity index is 2.06. The summed E-state index contributed by atoms with van der Waals surface area (Å²) >= 11 is 16.0. The van der Waals surface area contributed by atoms with Crippen LogP contribution in [0.15, 0.2) is 76.1 Å². The van der Waals surface area contributed by atoms with Gasteiger partial charge in [0.1, 0.15) is 12.6 Å². The molecule has 3 aromatic carbocycles. The number of hydrogen-bond acceptors (Lipinski definition) is 4. The monoisotopic (exact) mass is 625 g/mol. The van der Waals surface area contributed by atoms with E-state index in [4.69, 9.17) is 23.2 Å². The number of sulfonamides is 1. The normalized spacial score (nSPS) is 12.1. The molecular formula is C26H26BrCl2N3O4S. The van der Waals surface area contributed by atoms with Gasteiger partial charge in [0, 0.05) is 33.7 Å². The van der Waals surface area contributed by atoms with Gasteiger partial charge in [-0.3, -0.25) is 13.9 Å². The molecule has 196 valence electrons. The van der Waals surface area contributed by atoms with Crippen molar-refractivity contribution < 1.29 is 18.0 Å². The summed E-state index contributed by atoms with van der Waals surface area (Å²) in [6.07, 6.45) is 0. The summed E-state index contributed by atoms with van der Waals surface area (Å²) in [4.78, 5) is 27.6. The molecule has 0 aliphatic carbocycles. The van der Waals surface area contributed by atoms with E-state index < -0.39 is 34.4 Å². The SMILES string of the molecule is CNC(=O)C(C)N(Cc1c(Cl)cccc1Cl)C(=O)CN(c1ccc(Br)cc1)S(=O)(=O)c1ccc(C)cc1. The van der Waals surface area contributed by atoms with Crippen LogP contribution in [-0.2, 0) is 26.2 Å². The summed E-state index contributed by atoms with van der Waals surface area (Å²) in [6.45, 7) is 2.76. The average molecular weight is 627 g/mol. The van der Waals surface area contributed by atoms with Gasteiger partial charge < -0.3 is 10.2 Å². The van der Waals surface area contributed by atoms with Crippen molar-refractivity contribution >= 4 is 66.7 Å². The molecule has 0 saturated heterocycles. The van der Waals surface area contributed by atoms with Crippen molar-refractivity contribution in [2.75, 3.05) is 17.9 Å². The van der Waals surface area contributed by atoms with E-state index in [2.05, 4.69) is 21.2 Å². The zero-order valence-corrected chi connectivity index (χ0v) is 24.3. The van der Waals surface area contributed by atoms with E-state index in [1.54, 1.807) is 61.5 Å². The maximum Gasteiger partial charge on any atom is 0.264 e. The molecule has 7 nitrogen and oxygen atoms in total. The number of aryl methyl sites for hydroxylation is 1. The van der Waals surface area contributed by atoms with E-state index in [9.17, 15) is 18.0 Å². The third kappa shape index (κ3) is 6.84. The Morgan fingerprint density at radius 3 is 2.08 bits per heavy atom. The van der Waals surface area contributed by atoms with E-state index in [0.29, 0.717) is 21.3 Å². The van der Waals surface area contributed by atoms with E-state index in [0.717, 1.165) is 14.3 Å². The molecular weight excluding hydrogens is 601 g/mol. The Labute approximate surface area is 235 Å². The molecule has 0 bridgehead atoms. The predicted molar refractivity (Wildman–Crippen MR) is 150 cm³/mol. The summed E-state index contributed by atoms with van der Waals surface area (Å²) in [5, 5.41) is 3.18. The van der Waals surface area contributed by atoms with Crippen molar-refractivity contribution in [2.24, 2.45) is 0 Å². The van der Waals surface area contributed by atoms with Gasteiger partial charge in [-0.25, -0.2) is 8.42 Å². The number of anilines is 1. The number of halogens is 3. The first-order chi connectivity index (χ1) is 17.4. The van der Waals surface area contributed by atoms with Gasteiger partial charge in [0.25, 0.3) is 10.0 Å². The fraction of sp³-hybridized carbons (Fsp3) is 0.231. The molecule has 3 aromatic rings. The lowest BCUT2D eigenvalue weighted by atomic mass is 10.1. The second kappa shape index (κ2) is 12.3. The van der Waals surface area contributed by atoms with Crippen LogP contribution in [0.1, 0.15) is 18.1 Å². The predicted octanol–water partition coefficient (Wildman–Crippen LogP) is 5.42. The lowest BCUT2D eigenvalue weighted by Gasteiger charge is -2.32. The molecule has 3 rings (SSSR count). The van der Waals surface area contributed by atoms with E-state index in [1.165, 1.54) is 24.1 Å². The third-order valence-corrected chi connectivity index (χ3v) is 8.83. The van der Waals surface area contributed by atoms with Crippen LogP contribution in [-0.4, -0.2) is 44.8 Å². The smallest absolute Gasteiger partial charge is 0.264 e. The van der Waals surface area contributed by atoms with Gasteiger partial charge in [-0.2, -0.15) is 0 Å². The van der Waals surface area contributed by atoms with Crippen LogP contribution in [0.3, 0.4) is 0 Å². The summed E-state index contributed by atoms with van der Waals surface area (Å²) in [6, 6.07) is 16.9. The Morgan fingerprint density at radius 1 is 0.973 bits per heavy atom. The van der Waals surface area contributed by atoms with Gasteiger partial charge in [-0.15, -0.1) is 0 Å². The topological polar surface area (TPSA) is 86.8 Å². The highest BCUT2D eigenvalue weighted by Gasteiger charge is 2.32. The Morgan fingerprint density at radius 2 is 1.54 bits per heavy atom. The number of hydrogen-bond donors (Lipinski definition) is 1. The van der Waals surface area contributed by atoms with Gasteiger partial charge in [-0.05, 0) is 62.4 Å². The highest BCUT2D eigenvalue weighted by molar-refractivity contribution is 9.10. The Bertz CT molecular complexity index is 1360. The molecule has 1 atom stereocenters. The molecule has 0 saturated carbocycles. The maximum absolute atomic E-state index is 13.8. The van der Waals surface area contributed by atoms with Gasteiger partial charge >= 0.3 is 0 Å². The van der Waals surface area contributed by atoms with Crippen LogP contribution in [0.2, 0.25) is 10.0 Å². The van der Waals surface area contributed by atoms with Crippen LogP contribution < -0.4 is 9.62 Å². The number of carbonyl (C=O) groups is 2. The zero-order chi connectivity index (χ0) is 27.3. The molecule has 0 aromatic heterocycles. The fourth-order valence-corrected chi connectivity index (χ4v) is 5.81. The fourth-order valence-electron chi connectivity index (χ4n) is 3.62. The van der Waals surface area contributed by atoms with Crippen molar-refractivity contribution in [3.05, 3.63) is 92.4 Å². The van der Waals surface area contributed by atoms with Gasteiger partial charge in [0.2, 0.25) is 11.8 Å². The molecule has 2 amide bonds. The molecule has 0 aliphatic heterocycles. The average Bonchev–Trinajstić information content (AvgIpc) is 2.87. The summed E-state index contributed by atoms with van der Waals surface area (Å²) < 4.78 is 29.3. The molecule has 0 spiro atoms. The Kier molecular flexibility index (Phi) is 9.63. The van der Waals surface area contributed by atoms with Crippen LogP contribution in [0.5, 0.6) is 0 Å². The van der Waals surface area contributed by atoms with Crippen LogP contribution >= 0.6 is 39.1 Å². The molecule has 0 radical (unpaired) electrons. The van der Waals surface area contributed by atoms with Crippen molar-refractivity contribution in [3.8, 4) is 0 Å². The minimum atomic E-state index is -4.14. The molecule has 11 heteroatoms. The van der Waals surface area contributed by atoms with Crippen LogP contribution in [0.4, 0.5) is 5.69 Å². The number of likely N-dealkylation sites (N-methyl/N-ethyl adjacent to an activating group) is 1. The van der Waals surface area contributed by atoms with Crippen molar-refractivity contribution in [1.29, 1.82) is 0 Å². The minimum Gasteiger partial charge on any atom is -0.357 e. The lowest BCUT2D eigenvalue weighted by molar-refractivity contribution is -0.139. The number of nitrogens with zero attached hydrogens (tertiary/aromatic N) is 2. The van der Waals surface area contributed by atoms with Gasteiger partial charge in [-0.1, -0.05) is 62.9 Å². The second-order valence-corrected chi connectivity index (χ2v) is 11.9. The van der Waals surface area contributed by atoms with Crippen LogP contribution in [0, 0.1) is 6.92 Å². The molecule has 1 N–H and O–H groups in total. The quantitative estimate of drug-likeness (QED) is 0.344. The van der Waals surface area contributed by atoms with Crippen molar-refractivity contribution in [1.82, 2.24) is 10.2 Å². The highest BCUT2D eigenvalue weighted by Crippen LogP contribution is 2.29. The standard InChI is InChI=1S/C26H26BrCl2N3O4S/c1-17-7-13-21(14-8-17)37(35,36)32(20-11-9-19(27)10-12-20)16-25(33)31(18(2)26(34)30-3)15-22-23(28)5-4-6-24(22)29/h4-14,18H,15-16H2,1-3H3,(H,30,34). The molecule has 0 aliphatic rings. The third-order valence-electron chi connectivity index (χ3n) is 5.81. The molecule has 0 fully saturated rings. The minimum absolute atomic E-state index is 0.0360. The molecule has 1 unspecified atom stereocenters. The second-order valence-electron chi connectivity index (χ2n) is 8.31. The lowest BCUT2D eigenvalue weighted by Crippen LogP contribution is -2.50. The zero-order valence-electron chi connectivity index (χ0n) is 20.4. The highest BCUT2D eigenvalue weighted by atomic mass is 79.9.